The number of pyridine rings is 1. The van der Waals surface area contributed by atoms with Crippen molar-refractivity contribution in [2.75, 3.05) is 18.4 Å². The Kier molecular flexibility index (Phi) is 6.43. The number of fused-ring (bicyclic) bond motifs is 1. The number of Topliss-reactive ketones (excluding diaryl/α,β-unsaturated/α-hetero) is 2. The molecular weight excluding hydrogens is 357 g/mol. The summed E-state index contributed by atoms with van der Waals surface area (Å²) >= 11 is 0. The van der Waals surface area contributed by atoms with E-state index >= 15 is 0 Å². The Balaban J connectivity index is 1.61. The minimum Gasteiger partial charge on any atom is -0.535 e. The van der Waals surface area contributed by atoms with E-state index in [0.29, 0.717) is 30.8 Å². The summed E-state index contributed by atoms with van der Waals surface area (Å²) in [5, 5.41) is 13.4. The molecule has 0 amide bonds. The molecule has 0 spiro atoms. The SMILES string of the molecule is CC(=O)c1cccc2c1OB(O)[C@@H](CC(=O)Cc1ccc(NCCN)nc1)C2. The lowest BCUT2D eigenvalue weighted by atomic mass is 9.64. The molecule has 8 heteroatoms. The predicted molar refractivity (Wildman–Crippen MR) is 108 cm³/mol. The number of nitrogens with zero attached hydrogens (tertiary/aromatic N) is 1. The monoisotopic (exact) mass is 381 g/mol. The number of benzene rings is 1. The van der Waals surface area contributed by atoms with Crippen molar-refractivity contribution in [3.63, 3.8) is 0 Å². The molecule has 0 saturated heterocycles. The maximum absolute atomic E-state index is 12.5. The van der Waals surface area contributed by atoms with Gasteiger partial charge in [0.2, 0.25) is 0 Å². The fraction of sp³-hybridized carbons (Fsp3) is 0.350. The largest absolute Gasteiger partial charge is 0.535 e. The lowest BCUT2D eigenvalue weighted by Crippen LogP contribution is -2.36. The highest BCUT2D eigenvalue weighted by Gasteiger charge is 2.37. The maximum Gasteiger partial charge on any atom is 0.526 e. The van der Waals surface area contributed by atoms with Crippen LogP contribution in [0.5, 0.6) is 5.75 Å². The van der Waals surface area contributed by atoms with E-state index in [2.05, 4.69) is 10.3 Å². The second-order valence-corrected chi connectivity index (χ2v) is 7.01. The number of rotatable bonds is 8. The van der Waals surface area contributed by atoms with Crippen LogP contribution in [0.4, 0.5) is 5.82 Å². The van der Waals surface area contributed by atoms with Gasteiger partial charge in [-0.05, 0) is 36.6 Å². The van der Waals surface area contributed by atoms with Crippen LogP contribution in [0.1, 0.15) is 34.8 Å². The number of nitrogens with one attached hydrogen (secondary N) is 1. The average Bonchev–Trinajstić information content (AvgIpc) is 2.67. The van der Waals surface area contributed by atoms with Crippen molar-refractivity contribution in [1.29, 1.82) is 0 Å². The lowest BCUT2D eigenvalue weighted by molar-refractivity contribution is -0.118. The van der Waals surface area contributed by atoms with Gasteiger partial charge in [-0.1, -0.05) is 18.2 Å². The second kappa shape index (κ2) is 8.99. The molecule has 2 heterocycles. The van der Waals surface area contributed by atoms with Crippen molar-refractivity contribution >= 4 is 24.5 Å². The van der Waals surface area contributed by atoms with Crippen LogP contribution in [-0.2, 0) is 17.6 Å². The highest BCUT2D eigenvalue weighted by Crippen LogP contribution is 2.36. The molecule has 2 aromatic rings. The van der Waals surface area contributed by atoms with Crippen molar-refractivity contribution in [1.82, 2.24) is 4.98 Å². The summed E-state index contributed by atoms with van der Waals surface area (Å²) in [7, 11) is -1.11. The van der Waals surface area contributed by atoms with Gasteiger partial charge in [0.05, 0.1) is 5.56 Å². The molecule has 1 aromatic carbocycles. The van der Waals surface area contributed by atoms with E-state index in [4.69, 9.17) is 10.4 Å². The van der Waals surface area contributed by atoms with Gasteiger partial charge in [-0.2, -0.15) is 0 Å². The molecule has 1 aliphatic rings. The zero-order chi connectivity index (χ0) is 20.1. The van der Waals surface area contributed by atoms with Crippen molar-refractivity contribution in [3.8, 4) is 5.75 Å². The summed E-state index contributed by atoms with van der Waals surface area (Å²) in [4.78, 5) is 28.5. The van der Waals surface area contributed by atoms with E-state index in [1.54, 1.807) is 18.3 Å². The fourth-order valence-corrected chi connectivity index (χ4v) is 3.36. The topological polar surface area (TPSA) is 115 Å². The van der Waals surface area contributed by atoms with Crippen LogP contribution in [0.3, 0.4) is 0 Å². The third-order valence-electron chi connectivity index (χ3n) is 4.77. The number of para-hydroxylation sites is 1. The van der Waals surface area contributed by atoms with Gasteiger partial charge in [-0.3, -0.25) is 9.59 Å². The summed E-state index contributed by atoms with van der Waals surface area (Å²) in [6, 6.07) is 9.00. The Bertz CT molecular complexity index is 857. The summed E-state index contributed by atoms with van der Waals surface area (Å²) in [6.45, 7) is 2.62. The quantitative estimate of drug-likeness (QED) is 0.470. The fourth-order valence-electron chi connectivity index (χ4n) is 3.36. The van der Waals surface area contributed by atoms with Gasteiger partial charge in [0, 0.05) is 37.9 Å². The molecule has 0 unspecified atom stereocenters. The third kappa shape index (κ3) is 4.77. The van der Waals surface area contributed by atoms with Crippen molar-refractivity contribution < 1.29 is 19.3 Å². The highest BCUT2D eigenvalue weighted by molar-refractivity contribution is 6.47. The molecule has 7 nitrogen and oxygen atoms in total. The highest BCUT2D eigenvalue weighted by atomic mass is 16.5. The van der Waals surface area contributed by atoms with Gasteiger partial charge < -0.3 is 20.7 Å². The Morgan fingerprint density at radius 3 is 2.86 bits per heavy atom. The van der Waals surface area contributed by atoms with Gasteiger partial charge in [-0.15, -0.1) is 0 Å². The molecule has 0 fully saturated rings. The van der Waals surface area contributed by atoms with Gasteiger partial charge in [0.1, 0.15) is 17.4 Å². The zero-order valence-electron chi connectivity index (χ0n) is 15.9. The summed E-state index contributed by atoms with van der Waals surface area (Å²) < 4.78 is 5.59. The molecule has 1 aromatic heterocycles. The summed E-state index contributed by atoms with van der Waals surface area (Å²) in [5.74, 6) is 0.686. The van der Waals surface area contributed by atoms with E-state index in [-0.39, 0.29) is 30.2 Å². The normalized spacial score (nSPS) is 15.5. The number of hydrogen-bond acceptors (Lipinski definition) is 7. The second-order valence-electron chi connectivity index (χ2n) is 7.01. The van der Waals surface area contributed by atoms with E-state index in [9.17, 15) is 14.6 Å². The molecule has 0 aliphatic carbocycles. The van der Waals surface area contributed by atoms with Gasteiger partial charge in [-0.25, -0.2) is 4.98 Å². The molecule has 146 valence electrons. The minimum absolute atomic E-state index is 0.00305. The number of nitrogens with two attached hydrogens (primary N) is 1. The standard InChI is InChI=1S/C20H24BN3O4/c1-13(25)18-4-2-3-15-10-16(21(27)28-20(15)18)11-17(26)9-14-5-6-19(24-12-14)23-8-7-22/h2-6,12,16,27H,7-11,22H2,1H3,(H,23,24)/t16-/m1/s1. The molecule has 1 atom stereocenters. The van der Waals surface area contributed by atoms with Crippen molar-refractivity contribution in [3.05, 3.63) is 53.2 Å². The van der Waals surface area contributed by atoms with Crippen LogP contribution in [0.15, 0.2) is 36.5 Å². The predicted octanol–water partition coefficient (Wildman–Crippen LogP) is 1.64. The Hall–Kier alpha value is -2.71. The first kappa shape index (κ1) is 20.0. The lowest BCUT2D eigenvalue weighted by Gasteiger charge is -2.28. The number of carbonyl (C=O) groups excluding carboxylic acids is 2. The minimum atomic E-state index is -1.11. The van der Waals surface area contributed by atoms with E-state index in [1.807, 2.05) is 18.2 Å². The Morgan fingerprint density at radius 1 is 1.36 bits per heavy atom. The van der Waals surface area contributed by atoms with Crippen LogP contribution in [0.25, 0.3) is 0 Å². The van der Waals surface area contributed by atoms with Gasteiger partial charge in [0.25, 0.3) is 0 Å². The summed E-state index contributed by atoms with van der Waals surface area (Å²) in [5.41, 5.74) is 7.55. The first-order valence-electron chi connectivity index (χ1n) is 9.36. The molecule has 0 radical (unpaired) electrons. The van der Waals surface area contributed by atoms with Gasteiger partial charge >= 0.3 is 7.12 Å². The third-order valence-corrected chi connectivity index (χ3v) is 4.77. The number of hydrogen-bond donors (Lipinski definition) is 3. The van der Waals surface area contributed by atoms with Crippen LogP contribution < -0.4 is 15.7 Å². The molecular formula is C20H24BN3O4. The molecule has 1 aliphatic heterocycles. The van der Waals surface area contributed by atoms with E-state index < -0.39 is 7.12 Å². The number of anilines is 1. The van der Waals surface area contributed by atoms with Crippen LogP contribution in [0, 0.1) is 0 Å². The smallest absolute Gasteiger partial charge is 0.526 e. The Labute approximate surface area is 164 Å². The zero-order valence-corrected chi connectivity index (χ0v) is 15.9. The van der Waals surface area contributed by atoms with E-state index in [1.165, 1.54) is 6.92 Å². The first-order valence-corrected chi connectivity index (χ1v) is 9.36. The molecule has 0 bridgehead atoms. The average molecular weight is 381 g/mol. The number of ketones is 2. The molecule has 28 heavy (non-hydrogen) atoms. The van der Waals surface area contributed by atoms with Crippen molar-refractivity contribution in [2.24, 2.45) is 5.73 Å². The molecule has 3 rings (SSSR count). The molecule has 4 N–H and O–H groups in total. The number of carbonyl (C=O) groups is 2. The first-order chi connectivity index (χ1) is 13.5. The number of aromatic nitrogens is 1. The van der Waals surface area contributed by atoms with Crippen molar-refractivity contribution in [2.45, 2.75) is 32.0 Å². The van der Waals surface area contributed by atoms with Crippen LogP contribution >= 0.6 is 0 Å². The van der Waals surface area contributed by atoms with Crippen LogP contribution in [0.2, 0.25) is 5.82 Å². The molecule has 0 saturated carbocycles. The summed E-state index contributed by atoms with van der Waals surface area (Å²) in [6.07, 6.45) is 2.59. The Morgan fingerprint density at radius 2 is 2.18 bits per heavy atom. The maximum atomic E-state index is 12.5. The van der Waals surface area contributed by atoms with E-state index in [0.717, 1.165) is 16.9 Å². The van der Waals surface area contributed by atoms with Gasteiger partial charge in [0.15, 0.2) is 5.78 Å². The van der Waals surface area contributed by atoms with Crippen LogP contribution in [-0.4, -0.2) is 41.8 Å².